The van der Waals surface area contributed by atoms with Gasteiger partial charge in [-0.1, -0.05) is 28.1 Å². The molecule has 2 N–H and O–H groups in total. The summed E-state index contributed by atoms with van der Waals surface area (Å²) in [7, 11) is 0. The van der Waals surface area contributed by atoms with Gasteiger partial charge < -0.3 is 10.4 Å². The highest BCUT2D eigenvalue weighted by Crippen LogP contribution is 2.22. The van der Waals surface area contributed by atoms with Gasteiger partial charge >= 0.3 is 0 Å². The zero-order chi connectivity index (χ0) is 10.7. The van der Waals surface area contributed by atoms with Gasteiger partial charge in [-0.25, -0.2) is 0 Å². The highest BCUT2D eigenvalue weighted by molar-refractivity contribution is 9.10. The van der Waals surface area contributed by atoms with Crippen LogP contribution in [-0.2, 0) is 13.0 Å². The Bertz CT molecular complexity index is 334. The van der Waals surface area contributed by atoms with Crippen LogP contribution in [0.25, 0.3) is 0 Å². The number of benzene rings is 1. The molecule has 1 aliphatic rings. The summed E-state index contributed by atoms with van der Waals surface area (Å²) in [6, 6.07) is 6.73. The van der Waals surface area contributed by atoms with E-state index in [4.69, 9.17) is 5.11 Å². The molecule has 1 unspecified atom stereocenters. The average molecular weight is 270 g/mol. The zero-order valence-electron chi connectivity index (χ0n) is 8.67. The fourth-order valence-corrected chi connectivity index (χ4v) is 2.64. The summed E-state index contributed by atoms with van der Waals surface area (Å²) in [4.78, 5) is 0. The molecule has 0 radical (unpaired) electrons. The molecule has 0 aromatic heterocycles. The first kappa shape index (κ1) is 11.1. The highest BCUT2D eigenvalue weighted by atomic mass is 79.9. The number of hydrogen-bond acceptors (Lipinski definition) is 2. The van der Waals surface area contributed by atoms with Gasteiger partial charge in [0.25, 0.3) is 0 Å². The van der Waals surface area contributed by atoms with E-state index in [2.05, 4.69) is 27.3 Å². The number of hydrogen-bond donors (Lipinski definition) is 2. The molecule has 0 saturated carbocycles. The van der Waals surface area contributed by atoms with Crippen molar-refractivity contribution in [3.05, 3.63) is 33.8 Å². The van der Waals surface area contributed by atoms with Crippen LogP contribution in [0.2, 0.25) is 0 Å². The molecule has 1 aromatic carbocycles. The predicted octanol–water partition coefficient (Wildman–Crippen LogP) is 2.24. The minimum Gasteiger partial charge on any atom is -0.392 e. The monoisotopic (exact) mass is 269 g/mol. The lowest BCUT2D eigenvalue weighted by Crippen LogP contribution is -2.23. The number of rotatable bonds is 3. The lowest BCUT2D eigenvalue weighted by Gasteiger charge is -2.12. The van der Waals surface area contributed by atoms with Crippen LogP contribution >= 0.6 is 15.9 Å². The van der Waals surface area contributed by atoms with Gasteiger partial charge in [0, 0.05) is 10.5 Å². The Morgan fingerprint density at radius 3 is 2.93 bits per heavy atom. The molecule has 1 heterocycles. The minimum absolute atomic E-state index is 0.112. The lowest BCUT2D eigenvalue weighted by atomic mass is 10.0. The molecule has 1 aromatic rings. The van der Waals surface area contributed by atoms with Crippen LogP contribution in [0.1, 0.15) is 24.0 Å². The topological polar surface area (TPSA) is 32.3 Å². The maximum Gasteiger partial charge on any atom is 0.0682 e. The van der Waals surface area contributed by atoms with Crippen molar-refractivity contribution < 1.29 is 5.11 Å². The van der Waals surface area contributed by atoms with Crippen LogP contribution < -0.4 is 5.32 Å². The maximum atomic E-state index is 9.00. The summed E-state index contributed by atoms with van der Waals surface area (Å²) in [5.41, 5.74) is 2.29. The highest BCUT2D eigenvalue weighted by Gasteiger charge is 2.15. The van der Waals surface area contributed by atoms with E-state index in [0.717, 1.165) is 23.0 Å². The average Bonchev–Trinajstić information content (AvgIpc) is 2.74. The van der Waals surface area contributed by atoms with Crippen LogP contribution in [0.5, 0.6) is 0 Å². The van der Waals surface area contributed by atoms with Crippen LogP contribution in [0.4, 0.5) is 0 Å². The van der Waals surface area contributed by atoms with Gasteiger partial charge in [-0.2, -0.15) is 0 Å². The van der Waals surface area contributed by atoms with Gasteiger partial charge in [0.1, 0.15) is 0 Å². The summed E-state index contributed by atoms with van der Waals surface area (Å²) in [5, 5.41) is 12.5. The molecular weight excluding hydrogens is 254 g/mol. The molecule has 3 heteroatoms. The van der Waals surface area contributed by atoms with E-state index in [-0.39, 0.29) is 6.61 Å². The summed E-state index contributed by atoms with van der Waals surface area (Å²) in [6.45, 7) is 1.26. The Kier molecular flexibility index (Phi) is 3.78. The molecule has 0 bridgehead atoms. The molecular formula is C12H16BrNO. The van der Waals surface area contributed by atoms with E-state index in [1.54, 1.807) is 0 Å². The van der Waals surface area contributed by atoms with E-state index in [1.165, 1.54) is 18.4 Å². The quantitative estimate of drug-likeness (QED) is 0.882. The fourth-order valence-electron chi connectivity index (χ4n) is 2.05. The largest absolute Gasteiger partial charge is 0.392 e. The molecule has 0 spiro atoms. The smallest absolute Gasteiger partial charge is 0.0682 e. The van der Waals surface area contributed by atoms with Crippen molar-refractivity contribution in [2.24, 2.45) is 0 Å². The standard InChI is InChI=1S/C12H16BrNO/c13-12-6-9(8-15)3-4-10(12)7-11-2-1-5-14-11/h3-4,6,11,14-15H,1-2,5,7-8H2. The first-order valence-corrected chi connectivity index (χ1v) is 6.20. The van der Waals surface area contributed by atoms with Crippen molar-refractivity contribution in [3.63, 3.8) is 0 Å². The SMILES string of the molecule is OCc1ccc(CC2CCCN2)c(Br)c1. The molecule has 82 valence electrons. The van der Waals surface area contributed by atoms with E-state index in [0.29, 0.717) is 6.04 Å². The number of nitrogens with one attached hydrogen (secondary N) is 1. The second kappa shape index (κ2) is 5.10. The van der Waals surface area contributed by atoms with Crippen molar-refractivity contribution >= 4 is 15.9 Å². The second-order valence-corrected chi connectivity index (χ2v) is 4.94. The lowest BCUT2D eigenvalue weighted by molar-refractivity contribution is 0.281. The van der Waals surface area contributed by atoms with Gasteiger partial charge in [-0.3, -0.25) is 0 Å². The number of aliphatic hydroxyl groups excluding tert-OH is 1. The molecule has 1 fully saturated rings. The van der Waals surface area contributed by atoms with Gasteiger partial charge in [0.05, 0.1) is 6.61 Å². The minimum atomic E-state index is 0.112. The van der Waals surface area contributed by atoms with Gasteiger partial charge in [0.2, 0.25) is 0 Å². The molecule has 1 atom stereocenters. The van der Waals surface area contributed by atoms with E-state index < -0.39 is 0 Å². The Hall–Kier alpha value is -0.380. The normalized spacial score (nSPS) is 20.8. The Balaban J connectivity index is 2.07. The third-order valence-electron chi connectivity index (χ3n) is 2.93. The predicted molar refractivity (Wildman–Crippen MR) is 64.8 cm³/mol. The first-order chi connectivity index (χ1) is 7.29. The molecule has 0 amide bonds. The van der Waals surface area contributed by atoms with Crippen molar-refractivity contribution in [2.45, 2.75) is 31.9 Å². The van der Waals surface area contributed by atoms with E-state index in [9.17, 15) is 0 Å². The second-order valence-electron chi connectivity index (χ2n) is 4.08. The maximum absolute atomic E-state index is 9.00. The Morgan fingerprint density at radius 2 is 2.33 bits per heavy atom. The number of aliphatic hydroxyl groups is 1. The molecule has 1 aliphatic heterocycles. The summed E-state index contributed by atoms with van der Waals surface area (Å²) < 4.78 is 1.11. The van der Waals surface area contributed by atoms with Crippen LogP contribution in [0.3, 0.4) is 0 Å². The molecule has 0 aliphatic carbocycles. The van der Waals surface area contributed by atoms with Crippen molar-refractivity contribution in [1.82, 2.24) is 5.32 Å². The van der Waals surface area contributed by atoms with Crippen LogP contribution in [0, 0.1) is 0 Å². The fraction of sp³-hybridized carbons (Fsp3) is 0.500. The summed E-state index contributed by atoms with van der Waals surface area (Å²) in [5.74, 6) is 0. The third-order valence-corrected chi connectivity index (χ3v) is 3.67. The van der Waals surface area contributed by atoms with E-state index >= 15 is 0 Å². The Labute approximate surface area is 98.8 Å². The van der Waals surface area contributed by atoms with Crippen LogP contribution in [-0.4, -0.2) is 17.7 Å². The van der Waals surface area contributed by atoms with Gasteiger partial charge in [-0.15, -0.1) is 0 Å². The Morgan fingerprint density at radius 1 is 1.47 bits per heavy atom. The van der Waals surface area contributed by atoms with Crippen LogP contribution in [0.15, 0.2) is 22.7 Å². The van der Waals surface area contributed by atoms with Crippen molar-refractivity contribution in [2.75, 3.05) is 6.54 Å². The zero-order valence-corrected chi connectivity index (χ0v) is 10.3. The van der Waals surface area contributed by atoms with Crippen molar-refractivity contribution in [3.8, 4) is 0 Å². The molecule has 15 heavy (non-hydrogen) atoms. The number of halogens is 1. The molecule has 1 saturated heterocycles. The third kappa shape index (κ3) is 2.80. The van der Waals surface area contributed by atoms with Gasteiger partial charge in [-0.05, 0) is 43.0 Å². The summed E-state index contributed by atoms with van der Waals surface area (Å²) in [6.07, 6.45) is 3.64. The van der Waals surface area contributed by atoms with E-state index in [1.807, 2.05) is 12.1 Å². The summed E-state index contributed by atoms with van der Waals surface area (Å²) >= 11 is 3.56. The van der Waals surface area contributed by atoms with Gasteiger partial charge in [0.15, 0.2) is 0 Å². The van der Waals surface area contributed by atoms with Crippen molar-refractivity contribution in [1.29, 1.82) is 0 Å². The first-order valence-electron chi connectivity index (χ1n) is 5.41. The molecule has 2 nitrogen and oxygen atoms in total. The molecule has 2 rings (SSSR count).